The highest BCUT2D eigenvalue weighted by Crippen LogP contribution is 2.38. The molecule has 228 valence electrons. The molecule has 5 aromatic rings. The van der Waals surface area contributed by atoms with E-state index in [9.17, 15) is 14.4 Å². The van der Waals surface area contributed by atoms with Crippen LogP contribution in [-0.2, 0) is 4.79 Å². The van der Waals surface area contributed by atoms with Crippen molar-refractivity contribution in [2.24, 2.45) is 5.10 Å². The van der Waals surface area contributed by atoms with Crippen molar-refractivity contribution >= 4 is 94.4 Å². The van der Waals surface area contributed by atoms with Crippen LogP contribution in [0.2, 0.25) is 5.02 Å². The van der Waals surface area contributed by atoms with Crippen LogP contribution in [0.4, 0.5) is 0 Å². The Morgan fingerprint density at radius 2 is 1.69 bits per heavy atom. The van der Waals surface area contributed by atoms with Crippen molar-refractivity contribution in [3.05, 3.63) is 108 Å². The Morgan fingerprint density at radius 3 is 2.42 bits per heavy atom. The van der Waals surface area contributed by atoms with Gasteiger partial charge in [-0.15, -0.1) is 0 Å². The second-order valence-electron chi connectivity index (χ2n) is 9.40. The first kappa shape index (κ1) is 32.4. The highest BCUT2D eigenvalue weighted by molar-refractivity contribution is 9.11. The molecule has 45 heavy (non-hydrogen) atoms. The number of carbonyl (C=O) groups is 3. The van der Waals surface area contributed by atoms with Gasteiger partial charge in [0.15, 0.2) is 17.2 Å². The number of hydrogen-bond acceptors (Lipinski definition) is 7. The Kier molecular flexibility index (Phi) is 10.1. The summed E-state index contributed by atoms with van der Waals surface area (Å²) in [6.07, 6.45) is 1.36. The van der Waals surface area contributed by atoms with Gasteiger partial charge in [0.1, 0.15) is 5.69 Å². The van der Waals surface area contributed by atoms with Crippen molar-refractivity contribution < 1.29 is 28.6 Å². The molecule has 0 fully saturated rings. The Morgan fingerprint density at radius 1 is 0.911 bits per heavy atom. The monoisotopic (exact) mass is 815 g/mol. The van der Waals surface area contributed by atoms with Gasteiger partial charge in [-0.25, -0.2) is 10.2 Å². The zero-order valence-corrected chi connectivity index (χ0v) is 28.9. The van der Waals surface area contributed by atoms with Crippen LogP contribution in [0.15, 0.2) is 91.3 Å². The molecule has 9 nitrogen and oxygen atoms in total. The molecule has 0 radical (unpaired) electrons. The van der Waals surface area contributed by atoms with E-state index in [4.69, 9.17) is 25.8 Å². The number of esters is 2. The Labute approximate surface area is 287 Å². The summed E-state index contributed by atoms with van der Waals surface area (Å²) in [5.41, 5.74) is 5.39. The van der Waals surface area contributed by atoms with Crippen molar-refractivity contribution in [2.45, 2.75) is 6.92 Å². The summed E-state index contributed by atoms with van der Waals surface area (Å²) in [4.78, 5) is 41.2. The van der Waals surface area contributed by atoms with Gasteiger partial charge in [0.2, 0.25) is 0 Å². The van der Waals surface area contributed by atoms with Gasteiger partial charge in [-0.2, -0.15) is 5.10 Å². The largest absolute Gasteiger partial charge is 0.493 e. The maximum Gasteiger partial charge on any atom is 0.343 e. The fraction of sp³-hybridized carbons (Fsp3) is 0.0625. The lowest BCUT2D eigenvalue weighted by Crippen LogP contribution is -2.19. The first-order valence-electron chi connectivity index (χ1n) is 13.0. The minimum Gasteiger partial charge on any atom is -0.493 e. The number of carbonyl (C=O) groups excluding carboxylic acids is 3. The normalized spacial score (nSPS) is 11.1. The molecule has 4 aromatic carbocycles. The second kappa shape index (κ2) is 14.0. The van der Waals surface area contributed by atoms with Gasteiger partial charge < -0.3 is 19.2 Å². The molecule has 0 aliphatic rings. The molecule has 0 unspecified atom stereocenters. The van der Waals surface area contributed by atoms with Crippen molar-refractivity contribution in [3.63, 3.8) is 0 Å². The molecule has 1 amide bonds. The number of aromatic nitrogens is 1. The molecule has 1 heterocycles. The third-order valence-corrected chi connectivity index (χ3v) is 8.26. The fourth-order valence-corrected chi connectivity index (χ4v) is 6.39. The van der Waals surface area contributed by atoms with Crippen LogP contribution in [0.3, 0.4) is 0 Å². The minimum atomic E-state index is -0.710. The number of aromatic amines is 1. The van der Waals surface area contributed by atoms with E-state index in [1.165, 1.54) is 38.4 Å². The number of H-pyrrole nitrogens is 1. The molecule has 0 saturated carbocycles. The van der Waals surface area contributed by atoms with Crippen LogP contribution in [0.1, 0.15) is 33.3 Å². The Hall–Kier alpha value is -3.97. The van der Waals surface area contributed by atoms with Crippen molar-refractivity contribution in [2.75, 3.05) is 7.11 Å². The van der Waals surface area contributed by atoms with E-state index >= 15 is 0 Å². The maximum atomic E-state index is 13.5. The van der Waals surface area contributed by atoms with Crippen LogP contribution >= 0.6 is 59.4 Å². The summed E-state index contributed by atoms with van der Waals surface area (Å²) in [7, 11) is 1.39. The van der Waals surface area contributed by atoms with Crippen LogP contribution in [0.25, 0.3) is 22.0 Å². The third kappa shape index (κ3) is 7.30. The maximum absolute atomic E-state index is 13.5. The van der Waals surface area contributed by atoms with Crippen LogP contribution in [0.5, 0.6) is 17.2 Å². The number of nitrogens with one attached hydrogen (secondary N) is 2. The van der Waals surface area contributed by atoms with Crippen LogP contribution in [-0.4, -0.2) is 36.2 Å². The average Bonchev–Trinajstić information content (AvgIpc) is 3.37. The van der Waals surface area contributed by atoms with Crippen LogP contribution < -0.4 is 19.6 Å². The molecule has 1 aromatic heterocycles. The Balaban J connectivity index is 1.43. The highest BCUT2D eigenvalue weighted by Gasteiger charge is 2.22. The summed E-state index contributed by atoms with van der Waals surface area (Å²) in [5.74, 6) is -1.26. The number of benzene rings is 4. The van der Waals surface area contributed by atoms with E-state index in [2.05, 4.69) is 63.3 Å². The number of ether oxygens (including phenoxy) is 3. The van der Waals surface area contributed by atoms with Crippen molar-refractivity contribution in [1.29, 1.82) is 0 Å². The molecule has 2 N–H and O–H groups in total. The van der Waals surface area contributed by atoms with E-state index < -0.39 is 17.8 Å². The molecule has 13 heteroatoms. The van der Waals surface area contributed by atoms with E-state index in [0.717, 1.165) is 15.4 Å². The zero-order chi connectivity index (χ0) is 32.2. The number of halogens is 4. The number of methoxy groups -OCH3 is 1. The lowest BCUT2D eigenvalue weighted by molar-refractivity contribution is -0.132. The van der Waals surface area contributed by atoms with E-state index in [-0.39, 0.29) is 28.5 Å². The average molecular weight is 819 g/mol. The van der Waals surface area contributed by atoms with Gasteiger partial charge in [-0.3, -0.25) is 9.59 Å². The standard InChI is InChI=1S/C32H21Br3ClN3O6/c1-16(40)44-26-10-7-17(12-27(26)43-2)32(42)45-30-18(11-20(34)14-23(30)35)15-37-39-31(41)29-28(21-5-3-4-6-24(21)36)22-13-19(33)8-9-25(22)38-29/h3-15,38H,1-2H3,(H,39,41). The van der Waals surface area contributed by atoms with Gasteiger partial charge in [0.05, 0.1) is 23.4 Å². The number of rotatable bonds is 8. The Bertz CT molecular complexity index is 2010. The second-order valence-corrected chi connectivity index (χ2v) is 12.5. The molecule has 0 spiro atoms. The van der Waals surface area contributed by atoms with Crippen LogP contribution in [0, 0.1) is 0 Å². The molecule has 0 aliphatic heterocycles. The van der Waals surface area contributed by atoms with Gasteiger partial charge in [0, 0.05) is 48.5 Å². The zero-order valence-electron chi connectivity index (χ0n) is 23.4. The number of hydrazone groups is 1. The number of nitrogens with zero attached hydrogens (tertiary/aromatic N) is 1. The summed E-state index contributed by atoms with van der Waals surface area (Å²) in [6.45, 7) is 1.26. The van der Waals surface area contributed by atoms with Gasteiger partial charge in [-0.1, -0.05) is 61.7 Å². The molecular formula is C32H21Br3ClN3O6. The smallest absolute Gasteiger partial charge is 0.343 e. The van der Waals surface area contributed by atoms with Gasteiger partial charge in [0.25, 0.3) is 5.91 Å². The van der Waals surface area contributed by atoms with E-state index in [1.54, 1.807) is 18.2 Å². The SMILES string of the molecule is COc1cc(C(=O)Oc2c(Br)cc(Br)cc2C=NNC(=O)c2[nH]c3ccc(Br)cc3c2-c2ccccc2Cl)ccc1OC(C)=O. The number of hydrogen-bond donors (Lipinski definition) is 2. The van der Waals surface area contributed by atoms with Gasteiger partial charge in [-0.05, 0) is 70.5 Å². The first-order valence-corrected chi connectivity index (χ1v) is 15.8. The van der Waals surface area contributed by atoms with Gasteiger partial charge >= 0.3 is 11.9 Å². The summed E-state index contributed by atoms with van der Waals surface area (Å²) >= 11 is 16.9. The lowest BCUT2D eigenvalue weighted by atomic mass is 10.0. The third-order valence-electron chi connectivity index (χ3n) is 6.39. The summed E-state index contributed by atoms with van der Waals surface area (Å²) in [6, 6.07) is 20.5. The summed E-state index contributed by atoms with van der Waals surface area (Å²) in [5, 5.41) is 5.45. The van der Waals surface area contributed by atoms with Crippen molar-refractivity contribution in [3.8, 4) is 28.4 Å². The minimum absolute atomic E-state index is 0.145. The molecule has 0 aliphatic carbocycles. The van der Waals surface area contributed by atoms with Crippen molar-refractivity contribution in [1.82, 2.24) is 10.4 Å². The molecule has 0 atom stereocenters. The molecule has 0 bridgehead atoms. The first-order chi connectivity index (χ1) is 21.5. The van der Waals surface area contributed by atoms with E-state index in [1.807, 2.05) is 36.4 Å². The molecule has 0 saturated heterocycles. The number of amides is 1. The highest BCUT2D eigenvalue weighted by atomic mass is 79.9. The summed E-state index contributed by atoms with van der Waals surface area (Å²) < 4.78 is 18.0. The van der Waals surface area contributed by atoms with E-state index in [0.29, 0.717) is 30.7 Å². The quantitative estimate of drug-likeness (QED) is 0.0701. The lowest BCUT2D eigenvalue weighted by Gasteiger charge is -2.12. The fourth-order valence-electron chi connectivity index (χ4n) is 4.46. The number of fused-ring (bicyclic) bond motifs is 1. The molecule has 5 rings (SSSR count). The molecular weight excluding hydrogens is 798 g/mol. The predicted molar refractivity (Wildman–Crippen MR) is 183 cm³/mol. The topological polar surface area (TPSA) is 119 Å². The predicted octanol–water partition coefficient (Wildman–Crippen LogP) is 8.69.